The van der Waals surface area contributed by atoms with Crippen LogP contribution in [0.1, 0.15) is 47.5 Å². The summed E-state index contributed by atoms with van der Waals surface area (Å²) in [5, 5.41) is 2.78. The van der Waals surface area contributed by atoms with E-state index in [0.29, 0.717) is 19.4 Å². The first-order valence-electron chi connectivity index (χ1n) is 7.13. The SMILES string of the molecule is CCN(CC(=O)NC(C)C)C(=O)C(CC)(CC)C(N)=S. The first-order valence-corrected chi connectivity index (χ1v) is 7.54. The van der Waals surface area contributed by atoms with E-state index in [-0.39, 0.29) is 29.4 Å². The molecule has 3 N–H and O–H groups in total. The average molecular weight is 301 g/mol. The van der Waals surface area contributed by atoms with Crippen molar-refractivity contribution in [2.45, 2.75) is 53.5 Å². The summed E-state index contributed by atoms with van der Waals surface area (Å²) in [6.45, 7) is 9.88. The normalized spacial score (nSPS) is 11.3. The molecular formula is C14H27N3O2S. The van der Waals surface area contributed by atoms with Crippen molar-refractivity contribution in [3.8, 4) is 0 Å². The standard InChI is InChI=1S/C14H27N3O2S/c1-6-14(7-2,12(15)20)13(19)17(8-3)9-11(18)16-10(4)5/h10H,6-9H2,1-5H3,(H2,15,20)(H,16,18). The molecule has 5 nitrogen and oxygen atoms in total. The highest BCUT2D eigenvalue weighted by Crippen LogP contribution is 2.29. The number of nitrogens with one attached hydrogen (secondary N) is 1. The van der Waals surface area contributed by atoms with Crippen LogP contribution >= 0.6 is 12.2 Å². The van der Waals surface area contributed by atoms with Gasteiger partial charge in [0.05, 0.1) is 16.9 Å². The average Bonchev–Trinajstić information content (AvgIpc) is 2.36. The largest absolute Gasteiger partial charge is 0.392 e. The van der Waals surface area contributed by atoms with Gasteiger partial charge in [-0.2, -0.15) is 0 Å². The van der Waals surface area contributed by atoms with Crippen molar-refractivity contribution in [2.24, 2.45) is 11.1 Å². The smallest absolute Gasteiger partial charge is 0.239 e. The molecule has 0 heterocycles. The van der Waals surface area contributed by atoms with Crippen LogP contribution in [-0.4, -0.2) is 40.8 Å². The van der Waals surface area contributed by atoms with E-state index >= 15 is 0 Å². The van der Waals surface area contributed by atoms with Crippen molar-refractivity contribution in [2.75, 3.05) is 13.1 Å². The van der Waals surface area contributed by atoms with Crippen molar-refractivity contribution in [1.29, 1.82) is 0 Å². The molecule has 0 aliphatic rings. The maximum atomic E-state index is 12.7. The summed E-state index contributed by atoms with van der Waals surface area (Å²) >= 11 is 5.08. The molecule has 2 amide bonds. The van der Waals surface area contributed by atoms with Crippen LogP contribution in [0.4, 0.5) is 0 Å². The van der Waals surface area contributed by atoms with E-state index in [1.54, 1.807) is 0 Å². The number of hydrogen-bond acceptors (Lipinski definition) is 3. The molecule has 0 aromatic rings. The van der Waals surface area contributed by atoms with Crippen LogP contribution in [0.25, 0.3) is 0 Å². The summed E-state index contributed by atoms with van der Waals surface area (Å²) in [7, 11) is 0. The second-order valence-electron chi connectivity index (χ2n) is 5.20. The lowest BCUT2D eigenvalue weighted by Gasteiger charge is -2.34. The van der Waals surface area contributed by atoms with Gasteiger partial charge in [-0.05, 0) is 33.6 Å². The van der Waals surface area contributed by atoms with Crippen molar-refractivity contribution in [3.63, 3.8) is 0 Å². The van der Waals surface area contributed by atoms with Crippen LogP contribution in [0.2, 0.25) is 0 Å². The first-order chi connectivity index (χ1) is 9.24. The highest BCUT2D eigenvalue weighted by molar-refractivity contribution is 7.80. The summed E-state index contributed by atoms with van der Waals surface area (Å²) in [6.07, 6.45) is 1.08. The maximum absolute atomic E-state index is 12.7. The van der Waals surface area contributed by atoms with Gasteiger partial charge >= 0.3 is 0 Å². The number of nitrogens with two attached hydrogens (primary N) is 1. The molecule has 0 bridgehead atoms. The van der Waals surface area contributed by atoms with E-state index < -0.39 is 5.41 Å². The van der Waals surface area contributed by atoms with Gasteiger partial charge in [0.1, 0.15) is 0 Å². The quantitative estimate of drug-likeness (QED) is 0.665. The lowest BCUT2D eigenvalue weighted by Crippen LogP contribution is -2.52. The van der Waals surface area contributed by atoms with E-state index in [9.17, 15) is 9.59 Å². The van der Waals surface area contributed by atoms with Crippen LogP contribution < -0.4 is 11.1 Å². The zero-order valence-electron chi connectivity index (χ0n) is 13.2. The predicted molar refractivity (Wildman–Crippen MR) is 85.3 cm³/mol. The molecule has 0 aromatic carbocycles. The van der Waals surface area contributed by atoms with Gasteiger partial charge in [-0.1, -0.05) is 26.1 Å². The molecule has 0 aliphatic carbocycles. The topological polar surface area (TPSA) is 75.4 Å². The third-order valence-corrected chi connectivity index (χ3v) is 3.93. The van der Waals surface area contributed by atoms with Gasteiger partial charge in [0.15, 0.2) is 0 Å². The number of amides is 2. The molecular weight excluding hydrogens is 274 g/mol. The zero-order chi connectivity index (χ0) is 15.9. The Bertz CT molecular complexity index is 365. The fourth-order valence-corrected chi connectivity index (χ4v) is 2.55. The van der Waals surface area contributed by atoms with Crippen molar-refractivity contribution in [3.05, 3.63) is 0 Å². The molecule has 6 heteroatoms. The Morgan fingerprint density at radius 2 is 1.75 bits per heavy atom. The molecule has 0 saturated heterocycles. The first kappa shape index (κ1) is 18.8. The maximum Gasteiger partial charge on any atom is 0.239 e. The zero-order valence-corrected chi connectivity index (χ0v) is 14.0. The number of hydrogen-bond donors (Lipinski definition) is 2. The Kier molecular flexibility index (Phi) is 7.71. The minimum atomic E-state index is -0.844. The molecule has 0 atom stereocenters. The minimum Gasteiger partial charge on any atom is -0.392 e. The second-order valence-corrected chi connectivity index (χ2v) is 5.63. The molecule has 0 aromatic heterocycles. The van der Waals surface area contributed by atoms with Crippen molar-refractivity contribution in [1.82, 2.24) is 10.2 Å². The summed E-state index contributed by atoms with van der Waals surface area (Å²) in [6, 6.07) is 0.0500. The van der Waals surface area contributed by atoms with E-state index in [2.05, 4.69) is 5.32 Å². The molecule has 116 valence electrons. The number of carbonyl (C=O) groups is 2. The Morgan fingerprint density at radius 3 is 2.05 bits per heavy atom. The monoisotopic (exact) mass is 301 g/mol. The Labute approximate surface area is 127 Å². The lowest BCUT2D eigenvalue weighted by atomic mass is 9.80. The van der Waals surface area contributed by atoms with E-state index in [1.165, 1.54) is 4.90 Å². The summed E-state index contributed by atoms with van der Waals surface area (Å²) < 4.78 is 0. The Balaban J connectivity index is 5.09. The highest BCUT2D eigenvalue weighted by Gasteiger charge is 2.41. The lowest BCUT2D eigenvalue weighted by molar-refractivity contribution is -0.142. The Hall–Kier alpha value is -1.17. The van der Waals surface area contributed by atoms with Gasteiger partial charge in [0, 0.05) is 12.6 Å². The van der Waals surface area contributed by atoms with Crippen LogP contribution in [0.5, 0.6) is 0 Å². The second kappa shape index (κ2) is 8.19. The number of thiocarbonyl (C=S) groups is 1. The van der Waals surface area contributed by atoms with Gasteiger partial charge in [0.2, 0.25) is 11.8 Å². The van der Waals surface area contributed by atoms with Crippen molar-refractivity contribution >= 4 is 29.0 Å². The third-order valence-electron chi connectivity index (χ3n) is 3.54. The van der Waals surface area contributed by atoms with Crippen molar-refractivity contribution < 1.29 is 9.59 Å². The van der Waals surface area contributed by atoms with Gasteiger partial charge in [0.25, 0.3) is 0 Å². The summed E-state index contributed by atoms with van der Waals surface area (Å²) in [5.41, 5.74) is 4.94. The fraction of sp³-hybridized carbons (Fsp3) is 0.786. The van der Waals surface area contributed by atoms with Crippen LogP contribution in [-0.2, 0) is 9.59 Å². The van der Waals surface area contributed by atoms with Gasteiger partial charge in [-0.3, -0.25) is 9.59 Å². The highest BCUT2D eigenvalue weighted by atomic mass is 32.1. The van der Waals surface area contributed by atoms with Gasteiger partial charge in [-0.15, -0.1) is 0 Å². The van der Waals surface area contributed by atoms with Crippen LogP contribution in [0.15, 0.2) is 0 Å². The van der Waals surface area contributed by atoms with Crippen LogP contribution in [0, 0.1) is 5.41 Å². The fourth-order valence-electron chi connectivity index (χ4n) is 2.18. The molecule has 0 fully saturated rings. The van der Waals surface area contributed by atoms with Gasteiger partial charge < -0.3 is 16.0 Å². The third kappa shape index (κ3) is 4.44. The number of rotatable bonds is 8. The molecule has 0 rings (SSSR count). The minimum absolute atomic E-state index is 0.0396. The molecule has 0 saturated carbocycles. The molecule has 0 spiro atoms. The molecule has 0 radical (unpaired) electrons. The van der Waals surface area contributed by atoms with Crippen LogP contribution in [0.3, 0.4) is 0 Å². The summed E-state index contributed by atoms with van der Waals surface area (Å²) in [5.74, 6) is -0.323. The molecule has 0 aliphatic heterocycles. The number of nitrogens with zero attached hydrogens (tertiary/aromatic N) is 1. The Morgan fingerprint density at radius 1 is 1.25 bits per heavy atom. The van der Waals surface area contributed by atoms with E-state index in [1.807, 2.05) is 34.6 Å². The predicted octanol–water partition coefficient (Wildman–Crippen LogP) is 1.45. The van der Waals surface area contributed by atoms with E-state index in [4.69, 9.17) is 18.0 Å². The number of carbonyl (C=O) groups excluding carboxylic acids is 2. The number of likely N-dealkylation sites (N-methyl/N-ethyl adjacent to an activating group) is 1. The summed E-state index contributed by atoms with van der Waals surface area (Å²) in [4.78, 5) is 26.3. The van der Waals surface area contributed by atoms with E-state index in [0.717, 1.165) is 0 Å². The van der Waals surface area contributed by atoms with Gasteiger partial charge in [-0.25, -0.2) is 0 Å². The molecule has 0 unspecified atom stereocenters. The molecule has 20 heavy (non-hydrogen) atoms.